The summed E-state index contributed by atoms with van der Waals surface area (Å²) in [6, 6.07) is 6.59. The summed E-state index contributed by atoms with van der Waals surface area (Å²) in [7, 11) is 3.12. The summed E-state index contributed by atoms with van der Waals surface area (Å²) in [4.78, 5) is 19.6. The third kappa shape index (κ3) is 5.86. The Morgan fingerprint density at radius 1 is 1.15 bits per heavy atom. The maximum absolute atomic E-state index is 15.2. The van der Waals surface area contributed by atoms with Gasteiger partial charge in [0, 0.05) is 41.4 Å². The van der Waals surface area contributed by atoms with Crippen molar-refractivity contribution in [3.8, 4) is 11.5 Å². The number of anilines is 1. The van der Waals surface area contributed by atoms with E-state index in [2.05, 4.69) is 10.5 Å². The summed E-state index contributed by atoms with van der Waals surface area (Å²) in [6.45, 7) is 3.43. The summed E-state index contributed by atoms with van der Waals surface area (Å²) >= 11 is 0. The first-order valence-electron chi connectivity index (χ1n) is 16.0. The molecule has 47 heavy (non-hydrogen) atoms. The lowest BCUT2D eigenvalue weighted by atomic mass is 9.77. The van der Waals surface area contributed by atoms with Gasteiger partial charge in [0.05, 0.1) is 29.0 Å². The highest BCUT2D eigenvalue weighted by atomic mass is 33.1. The molecule has 4 atom stereocenters. The fraction of sp³-hybridized carbons (Fsp3) is 0.471. The normalized spacial score (nSPS) is 25.7. The number of benzene rings is 2. The van der Waals surface area contributed by atoms with E-state index in [1.165, 1.54) is 0 Å². The first-order chi connectivity index (χ1) is 22.5. The molecule has 3 heterocycles. The zero-order valence-electron chi connectivity index (χ0n) is 26.3. The minimum Gasteiger partial charge on any atom is -0.489 e. The second kappa shape index (κ2) is 12.3. The van der Waals surface area contributed by atoms with Crippen LogP contribution in [0.5, 0.6) is 11.5 Å². The van der Waals surface area contributed by atoms with Crippen molar-refractivity contribution in [2.45, 2.75) is 93.5 Å². The fourth-order valence-corrected chi connectivity index (χ4v) is 9.48. The maximum Gasteiger partial charge on any atom is 0.201 e. The van der Waals surface area contributed by atoms with Crippen LogP contribution in [0.15, 0.2) is 50.6 Å². The van der Waals surface area contributed by atoms with Gasteiger partial charge >= 0.3 is 0 Å². The predicted octanol–water partition coefficient (Wildman–Crippen LogP) is 4.81. The fourth-order valence-electron chi connectivity index (χ4n) is 7.21. The minimum atomic E-state index is -1.70. The molecule has 0 spiro atoms. The van der Waals surface area contributed by atoms with Crippen LogP contribution in [0.2, 0.25) is 0 Å². The van der Waals surface area contributed by atoms with Crippen LogP contribution in [0.4, 0.5) is 5.69 Å². The second-order valence-corrected chi connectivity index (χ2v) is 15.9. The van der Waals surface area contributed by atoms with Crippen LogP contribution in [-0.4, -0.2) is 51.0 Å². The van der Waals surface area contributed by atoms with Gasteiger partial charge in [-0.05, 0) is 63.3 Å². The predicted molar refractivity (Wildman–Crippen MR) is 184 cm³/mol. The number of nitrogens with zero attached hydrogens (tertiary/aromatic N) is 1. The van der Waals surface area contributed by atoms with Crippen LogP contribution < -0.4 is 31.8 Å². The molecular formula is C34H40N4O7S2. The van der Waals surface area contributed by atoms with E-state index < -0.39 is 29.3 Å². The van der Waals surface area contributed by atoms with E-state index in [-0.39, 0.29) is 29.7 Å². The summed E-state index contributed by atoms with van der Waals surface area (Å²) in [6.07, 6.45) is 7.14. The quantitative estimate of drug-likeness (QED) is 0.0688. The SMILES string of the molecule is CC(C)(O)C1Cc2c(c3c4oc5c(c(=O)c4c2OC2CCCC2)C(c2ccc(NO)cc2)C=CC5(O)CC(N=C(N)N)CSSC3)O1. The van der Waals surface area contributed by atoms with Gasteiger partial charge in [0.25, 0.3) is 0 Å². The number of nitrogens with two attached hydrogens (primary N) is 2. The lowest BCUT2D eigenvalue weighted by Gasteiger charge is -2.34. The average molecular weight is 681 g/mol. The number of hydrogen-bond donors (Lipinski definition) is 6. The number of nitrogens with one attached hydrogen (secondary N) is 1. The molecular weight excluding hydrogens is 641 g/mol. The number of rotatable bonds is 6. The van der Waals surface area contributed by atoms with Gasteiger partial charge in [0.1, 0.15) is 39.9 Å². The first-order valence-corrected chi connectivity index (χ1v) is 18.4. The van der Waals surface area contributed by atoms with Gasteiger partial charge in [0.15, 0.2) is 5.96 Å². The van der Waals surface area contributed by atoms with Crippen molar-refractivity contribution in [1.82, 2.24) is 0 Å². The van der Waals surface area contributed by atoms with Crippen molar-refractivity contribution in [3.05, 3.63) is 74.7 Å². The Balaban J connectivity index is 1.53. The molecule has 3 aromatic rings. The van der Waals surface area contributed by atoms with Crippen LogP contribution in [0, 0.1) is 0 Å². The second-order valence-electron chi connectivity index (χ2n) is 13.4. The highest BCUT2D eigenvalue weighted by Crippen LogP contribution is 2.52. The van der Waals surface area contributed by atoms with Crippen molar-refractivity contribution < 1.29 is 29.3 Å². The third-order valence-electron chi connectivity index (χ3n) is 9.59. The molecule has 250 valence electrons. The van der Waals surface area contributed by atoms with Gasteiger partial charge in [-0.3, -0.25) is 15.5 Å². The van der Waals surface area contributed by atoms with Crippen molar-refractivity contribution >= 4 is 44.2 Å². The smallest absolute Gasteiger partial charge is 0.201 e. The third-order valence-corrected chi connectivity index (χ3v) is 11.9. The average Bonchev–Trinajstić information content (AvgIpc) is 3.71. The monoisotopic (exact) mass is 680 g/mol. The number of allylic oxidation sites excluding steroid dienone is 1. The largest absolute Gasteiger partial charge is 0.489 e. The first kappa shape index (κ1) is 32.2. The Hall–Kier alpha value is -3.36. The highest BCUT2D eigenvalue weighted by molar-refractivity contribution is 8.76. The molecule has 13 heteroatoms. The Morgan fingerprint density at radius 3 is 2.57 bits per heavy atom. The van der Waals surface area contributed by atoms with Gasteiger partial charge in [0.2, 0.25) is 5.43 Å². The van der Waals surface area contributed by atoms with Crippen molar-refractivity contribution in [1.29, 1.82) is 0 Å². The van der Waals surface area contributed by atoms with E-state index in [1.807, 2.05) is 18.2 Å². The summed E-state index contributed by atoms with van der Waals surface area (Å²) in [5, 5.41) is 33.2. The molecule has 1 fully saturated rings. The zero-order chi connectivity index (χ0) is 33.1. The number of guanidine groups is 1. The van der Waals surface area contributed by atoms with E-state index in [1.54, 1.807) is 53.6 Å². The van der Waals surface area contributed by atoms with E-state index in [0.29, 0.717) is 57.2 Å². The molecule has 2 aromatic carbocycles. The van der Waals surface area contributed by atoms with Crippen LogP contribution in [0.3, 0.4) is 0 Å². The van der Waals surface area contributed by atoms with E-state index in [9.17, 15) is 15.4 Å². The van der Waals surface area contributed by atoms with Crippen LogP contribution in [-0.2, 0) is 17.8 Å². The Labute approximate surface area is 280 Å². The van der Waals surface area contributed by atoms with Gasteiger partial charge in [-0.15, -0.1) is 0 Å². The highest BCUT2D eigenvalue weighted by Gasteiger charge is 2.45. The number of aliphatic imine (C=N–C) groups is 1. The van der Waals surface area contributed by atoms with Gasteiger partial charge in [-0.1, -0.05) is 39.8 Å². The lowest BCUT2D eigenvalue weighted by Crippen LogP contribution is -2.39. The van der Waals surface area contributed by atoms with Gasteiger partial charge in [-0.2, -0.15) is 0 Å². The number of aliphatic hydroxyl groups is 2. The van der Waals surface area contributed by atoms with Crippen molar-refractivity contribution in [2.75, 3.05) is 11.2 Å². The van der Waals surface area contributed by atoms with Crippen molar-refractivity contribution in [2.24, 2.45) is 16.5 Å². The standard InChI is InChI=1S/C34H40N4O7S2/c1-33(2,40)24-13-22-28(44-24)23-16-47-46-15-19(37-32(35)36)14-34(41)12-11-21(17-7-9-18(38-42)10-8-17)25-27(39)26(30(23)45-31(25)34)29(22)43-20-5-3-4-6-20/h7-12,19-21,24,38,40-42H,3-6,13-16H2,1-2H3,(H4,35,36,37). The number of fused-ring (bicyclic) bond motifs is 2. The molecule has 2 aliphatic carbocycles. The van der Waals surface area contributed by atoms with Crippen LogP contribution >= 0.6 is 21.6 Å². The molecule has 4 unspecified atom stereocenters. The number of ether oxygens (including phenoxy) is 2. The zero-order valence-corrected chi connectivity index (χ0v) is 28.0. The molecule has 7 rings (SSSR count). The maximum atomic E-state index is 15.2. The Morgan fingerprint density at radius 2 is 1.89 bits per heavy atom. The molecule has 2 aliphatic heterocycles. The Kier molecular flexibility index (Phi) is 8.40. The number of hydrogen-bond acceptors (Lipinski definition) is 11. The lowest BCUT2D eigenvalue weighted by molar-refractivity contribution is -0.0231. The Bertz CT molecular complexity index is 1810. The molecule has 0 saturated heterocycles. The molecule has 8 N–H and O–H groups in total. The summed E-state index contributed by atoms with van der Waals surface area (Å²) in [5.41, 5.74) is 13.9. The van der Waals surface area contributed by atoms with E-state index in [4.69, 9.17) is 25.4 Å². The van der Waals surface area contributed by atoms with Crippen molar-refractivity contribution in [3.63, 3.8) is 0 Å². The molecule has 2 bridgehead atoms. The van der Waals surface area contributed by atoms with E-state index >= 15 is 4.79 Å². The molecule has 0 amide bonds. The van der Waals surface area contributed by atoms with Gasteiger partial charge in [-0.25, -0.2) is 4.99 Å². The molecule has 1 saturated carbocycles. The molecule has 4 aliphatic rings. The molecule has 11 nitrogen and oxygen atoms in total. The minimum absolute atomic E-state index is 0.0664. The van der Waals surface area contributed by atoms with E-state index in [0.717, 1.165) is 36.8 Å². The molecule has 0 radical (unpaired) electrons. The van der Waals surface area contributed by atoms with Crippen LogP contribution in [0.25, 0.3) is 11.0 Å². The topological polar surface area (TPSA) is 186 Å². The van der Waals surface area contributed by atoms with Crippen LogP contribution in [0.1, 0.15) is 79.9 Å². The summed E-state index contributed by atoms with van der Waals surface area (Å²) in [5.74, 6) is 1.40. The van der Waals surface area contributed by atoms with Gasteiger partial charge < -0.3 is 35.6 Å². The molecule has 1 aromatic heterocycles. The summed E-state index contributed by atoms with van der Waals surface area (Å²) < 4.78 is 20.1.